The van der Waals surface area contributed by atoms with E-state index in [1.165, 1.54) is 24.2 Å². The van der Waals surface area contributed by atoms with Gasteiger partial charge in [0.2, 0.25) is 5.91 Å². The van der Waals surface area contributed by atoms with Gasteiger partial charge in [0.05, 0.1) is 32.1 Å². The number of aromatic nitrogens is 2. The zero-order valence-corrected chi connectivity index (χ0v) is 28.5. The number of ether oxygens (including phenoxy) is 3. The molecule has 1 aromatic heterocycles. The number of amides is 2. The van der Waals surface area contributed by atoms with Gasteiger partial charge in [0, 0.05) is 49.3 Å². The Morgan fingerprint density at radius 1 is 1.16 bits per heavy atom. The molecule has 2 bridgehead atoms. The van der Waals surface area contributed by atoms with Crippen molar-refractivity contribution >= 4 is 25.6 Å². The number of hydrogen-bond acceptors (Lipinski definition) is 15. The molecule has 4 aliphatic heterocycles. The van der Waals surface area contributed by atoms with E-state index >= 15 is 0 Å². The van der Waals surface area contributed by atoms with Crippen molar-refractivity contribution in [2.75, 3.05) is 19.8 Å². The highest BCUT2D eigenvalue weighted by Crippen LogP contribution is 2.57. The summed E-state index contributed by atoms with van der Waals surface area (Å²) in [6.07, 6.45) is -3.48. The fourth-order valence-corrected chi connectivity index (χ4v) is 7.17. The Hall–Kier alpha value is -4.31. The summed E-state index contributed by atoms with van der Waals surface area (Å²) in [5.74, 6) is -1.75. The first-order valence-corrected chi connectivity index (χ1v) is 17.5. The summed E-state index contributed by atoms with van der Waals surface area (Å²) >= 11 is 0. The van der Waals surface area contributed by atoms with Crippen LogP contribution in [0, 0.1) is 18.3 Å². The van der Waals surface area contributed by atoms with Crippen LogP contribution in [0.1, 0.15) is 64.2 Å². The molecule has 20 heteroatoms. The number of phosphoric acid groups is 1. The number of fused-ring (bicyclic) bond motifs is 4. The lowest BCUT2D eigenvalue weighted by Crippen LogP contribution is -2.48. The fourth-order valence-electron chi connectivity index (χ4n) is 5.71. The van der Waals surface area contributed by atoms with Gasteiger partial charge in [-0.3, -0.25) is 37.8 Å². The van der Waals surface area contributed by atoms with Gasteiger partial charge < -0.3 is 39.4 Å². The molecule has 5 rings (SSSR count). The zero-order valence-electron chi connectivity index (χ0n) is 27.6. The number of hydrogen-bond donors (Lipinski definition) is 4. The number of carbonyl (C=O) groups excluding carboxylic acids is 3. The number of aliphatic hydroxyl groups is 1. The largest absolute Gasteiger partial charge is 0.530 e. The van der Waals surface area contributed by atoms with Gasteiger partial charge >= 0.3 is 19.5 Å². The van der Waals surface area contributed by atoms with Crippen LogP contribution in [0.3, 0.4) is 0 Å². The minimum atomic E-state index is -4.81. The monoisotopic (exact) mass is 722 g/mol. The number of nitriles is 1. The van der Waals surface area contributed by atoms with E-state index in [1.807, 2.05) is 13.0 Å². The number of phosphoric ester groups is 1. The van der Waals surface area contributed by atoms with Crippen molar-refractivity contribution in [3.63, 3.8) is 0 Å². The molecule has 0 aliphatic carbocycles. The van der Waals surface area contributed by atoms with E-state index in [-0.39, 0.29) is 55.2 Å². The van der Waals surface area contributed by atoms with Gasteiger partial charge in [-0.05, 0) is 20.3 Å². The summed E-state index contributed by atoms with van der Waals surface area (Å²) in [5, 5.41) is 24.6. The number of aromatic amines is 1. The summed E-state index contributed by atoms with van der Waals surface area (Å²) in [5.41, 5.74) is -0.848. The molecular formula is C30H39N6O13P. The Bertz CT molecular complexity index is 1770. The Morgan fingerprint density at radius 3 is 2.64 bits per heavy atom. The van der Waals surface area contributed by atoms with Crippen molar-refractivity contribution in [1.82, 2.24) is 25.1 Å². The molecule has 272 valence electrons. The molecule has 7 atom stereocenters. The van der Waals surface area contributed by atoms with Crippen LogP contribution in [0.2, 0.25) is 0 Å². The Kier molecular flexibility index (Phi) is 11.6. The average Bonchev–Trinajstić information content (AvgIpc) is 3.65. The topological polar surface area (TPSA) is 250 Å². The quantitative estimate of drug-likeness (QED) is 0.109. The molecule has 5 heterocycles. The first kappa shape index (κ1) is 37.0. The number of carbonyl (C=O) groups is 3. The number of aliphatic hydroxyl groups excluding tert-OH is 1. The highest BCUT2D eigenvalue weighted by atomic mass is 31.2. The van der Waals surface area contributed by atoms with Gasteiger partial charge in [-0.1, -0.05) is 6.92 Å². The third kappa shape index (κ3) is 8.18. The molecule has 0 saturated carbocycles. The molecule has 2 saturated heterocycles. The van der Waals surface area contributed by atoms with Gasteiger partial charge in [-0.25, -0.2) is 9.36 Å². The first-order valence-electron chi connectivity index (χ1n) is 16.1. The van der Waals surface area contributed by atoms with Crippen LogP contribution in [0.5, 0.6) is 0 Å². The minimum absolute atomic E-state index is 0.0292. The molecule has 2 fully saturated rings. The van der Waals surface area contributed by atoms with E-state index in [2.05, 4.69) is 15.6 Å². The van der Waals surface area contributed by atoms with Crippen LogP contribution in [0.25, 0.3) is 0 Å². The molecular weight excluding hydrogens is 683 g/mol. The van der Waals surface area contributed by atoms with Crippen LogP contribution in [0.15, 0.2) is 39.1 Å². The van der Waals surface area contributed by atoms with Crippen LogP contribution in [0.4, 0.5) is 0 Å². The number of H-pyrrole nitrogens is 1. The van der Waals surface area contributed by atoms with E-state index in [0.717, 1.165) is 11.0 Å². The lowest BCUT2D eigenvalue weighted by atomic mass is 10.1. The number of nitrogens with one attached hydrogen (secondary N) is 3. The Morgan fingerprint density at radius 2 is 1.92 bits per heavy atom. The second kappa shape index (κ2) is 15.7. The van der Waals surface area contributed by atoms with E-state index in [4.69, 9.17) is 33.0 Å². The summed E-state index contributed by atoms with van der Waals surface area (Å²) in [6.45, 7) is 4.35. The fraction of sp³-hybridized carbons (Fsp3) is 0.600. The van der Waals surface area contributed by atoms with Crippen molar-refractivity contribution in [2.45, 2.75) is 96.2 Å². The molecule has 4 aliphatic rings. The van der Waals surface area contributed by atoms with Gasteiger partial charge in [0.15, 0.2) is 17.7 Å². The second-order valence-corrected chi connectivity index (χ2v) is 13.5. The highest BCUT2D eigenvalue weighted by Gasteiger charge is 2.54. The van der Waals surface area contributed by atoms with E-state index < -0.39 is 81.0 Å². The van der Waals surface area contributed by atoms with Crippen molar-refractivity contribution in [1.29, 1.82) is 5.26 Å². The first-order chi connectivity index (χ1) is 23.9. The lowest BCUT2D eigenvalue weighted by Gasteiger charge is -2.39. The molecule has 0 spiro atoms. The van der Waals surface area contributed by atoms with Crippen molar-refractivity contribution in [2.24, 2.45) is 0 Å². The molecule has 0 aromatic carbocycles. The van der Waals surface area contributed by atoms with Gasteiger partial charge in [0.25, 0.3) is 11.5 Å². The molecule has 2 amide bonds. The van der Waals surface area contributed by atoms with Gasteiger partial charge in [-0.2, -0.15) is 5.26 Å². The van der Waals surface area contributed by atoms with Crippen LogP contribution in [-0.4, -0.2) is 87.7 Å². The maximum Gasteiger partial charge on any atom is 0.530 e. The SMILES string of the molecule is CCCNC(=O)CCC(=O)OC1CC2OC1C(OP(=O)(OCCC#N)OC1CC(n3cc(C)c(=O)[nH]c3=O)OC1CO)=C1NC(=O)C(C)=CN12. The summed E-state index contributed by atoms with van der Waals surface area (Å²) in [7, 11) is -4.81. The highest BCUT2D eigenvalue weighted by molar-refractivity contribution is 7.48. The predicted molar refractivity (Wildman–Crippen MR) is 168 cm³/mol. The Labute approximate surface area is 285 Å². The third-order valence-corrected chi connectivity index (χ3v) is 9.67. The molecule has 4 N–H and O–H groups in total. The Balaban J connectivity index is 1.42. The number of nitrogens with zero attached hydrogens (tertiary/aromatic N) is 3. The van der Waals surface area contributed by atoms with E-state index in [1.54, 1.807) is 6.92 Å². The van der Waals surface area contributed by atoms with Gasteiger partial charge in [0.1, 0.15) is 30.8 Å². The molecule has 1 aromatic rings. The number of rotatable bonds is 15. The molecule has 0 radical (unpaired) electrons. The van der Waals surface area contributed by atoms with Crippen LogP contribution >= 0.6 is 7.82 Å². The van der Waals surface area contributed by atoms with Crippen molar-refractivity contribution in [3.05, 3.63) is 56.0 Å². The zero-order chi connectivity index (χ0) is 36.2. The smallest absolute Gasteiger partial charge is 0.459 e. The van der Waals surface area contributed by atoms with Crippen molar-refractivity contribution in [3.8, 4) is 6.07 Å². The van der Waals surface area contributed by atoms with Crippen LogP contribution < -0.4 is 21.9 Å². The lowest BCUT2D eigenvalue weighted by molar-refractivity contribution is -0.153. The third-order valence-electron chi connectivity index (χ3n) is 8.22. The summed E-state index contributed by atoms with van der Waals surface area (Å²) in [4.78, 5) is 65.8. The molecule has 50 heavy (non-hydrogen) atoms. The van der Waals surface area contributed by atoms with E-state index in [9.17, 15) is 33.6 Å². The normalized spacial score (nSPS) is 26.7. The van der Waals surface area contributed by atoms with Crippen molar-refractivity contribution < 1.29 is 51.8 Å². The standard InChI is InChI=1S/C30H39N6O13P/c1-4-9-32-21(38)6-7-24(39)46-19-12-22-35-13-16(2)28(40)33-27(35)26(25(19)47-22)49-50(43,44-10-5-8-31)48-18-11-23(45-20(18)15-37)36-14-17(3)29(41)34-30(36)42/h13-14,18-20,22-23,25,37H,4-7,9-12,15H2,1-3H3,(H,32,38)(H,33,40)(H,34,41,42). The average molecular weight is 723 g/mol. The number of esters is 1. The van der Waals surface area contributed by atoms with Gasteiger partial charge in [-0.15, -0.1) is 0 Å². The molecule has 7 unspecified atom stereocenters. The van der Waals surface area contributed by atoms with Crippen LogP contribution in [-0.2, 0) is 46.7 Å². The predicted octanol–water partition coefficient (Wildman–Crippen LogP) is 0.417. The molecule has 19 nitrogen and oxygen atoms in total. The second-order valence-electron chi connectivity index (χ2n) is 12.0. The maximum absolute atomic E-state index is 14.5. The minimum Gasteiger partial charge on any atom is -0.459 e. The summed E-state index contributed by atoms with van der Waals surface area (Å²) < 4.78 is 50.6. The summed E-state index contributed by atoms with van der Waals surface area (Å²) in [6, 6.07) is 1.86. The van der Waals surface area contributed by atoms with E-state index in [0.29, 0.717) is 12.1 Å². The maximum atomic E-state index is 14.5. The number of aryl methyl sites for hydroxylation is 1.